The highest BCUT2D eigenvalue weighted by Gasteiger charge is 2.26. The van der Waals surface area contributed by atoms with Crippen LogP contribution < -0.4 is 5.32 Å². The Morgan fingerprint density at radius 3 is 2.46 bits per heavy atom. The quantitative estimate of drug-likeness (QED) is 0.816. The van der Waals surface area contributed by atoms with Crippen LogP contribution in [-0.4, -0.2) is 30.4 Å². The summed E-state index contributed by atoms with van der Waals surface area (Å²) >= 11 is 0. The van der Waals surface area contributed by atoms with Crippen molar-refractivity contribution in [3.05, 3.63) is 70.5 Å². The molecule has 26 heavy (non-hydrogen) atoms. The van der Waals surface area contributed by atoms with Crippen molar-refractivity contribution in [3.63, 3.8) is 0 Å². The minimum Gasteiger partial charge on any atom is -0.350 e. The molecule has 6 heteroatoms. The van der Waals surface area contributed by atoms with Crippen LogP contribution >= 0.6 is 0 Å². The Hall–Kier alpha value is -2.34. The summed E-state index contributed by atoms with van der Waals surface area (Å²) in [6, 6.07) is 9.60. The van der Waals surface area contributed by atoms with Crippen LogP contribution in [0.25, 0.3) is 0 Å². The van der Waals surface area contributed by atoms with Crippen LogP contribution in [0.4, 0.5) is 13.2 Å². The smallest absolute Gasteiger partial charge is 0.254 e. The van der Waals surface area contributed by atoms with Gasteiger partial charge in [-0.3, -0.25) is 9.69 Å². The molecule has 1 aliphatic rings. The summed E-state index contributed by atoms with van der Waals surface area (Å²) < 4.78 is 40.3. The lowest BCUT2D eigenvalue weighted by Crippen LogP contribution is -2.37. The molecule has 0 aromatic heterocycles. The van der Waals surface area contributed by atoms with Gasteiger partial charge in [-0.25, -0.2) is 13.2 Å². The Bertz CT molecular complexity index is 804. The second-order valence-corrected chi connectivity index (χ2v) is 6.55. The summed E-state index contributed by atoms with van der Waals surface area (Å²) in [7, 11) is 0. The van der Waals surface area contributed by atoms with Gasteiger partial charge >= 0.3 is 0 Å². The largest absolute Gasteiger partial charge is 0.350 e. The number of carbonyl (C=O) groups excluding carboxylic acids is 1. The molecule has 3 rings (SSSR count). The van der Waals surface area contributed by atoms with Crippen LogP contribution in [-0.2, 0) is 0 Å². The minimum atomic E-state index is -1.63. The van der Waals surface area contributed by atoms with Crippen molar-refractivity contribution in [2.45, 2.75) is 25.8 Å². The van der Waals surface area contributed by atoms with E-state index in [1.807, 2.05) is 31.2 Å². The monoisotopic (exact) mass is 362 g/mol. The lowest BCUT2D eigenvalue weighted by Gasteiger charge is -2.29. The van der Waals surface area contributed by atoms with E-state index >= 15 is 0 Å². The van der Waals surface area contributed by atoms with Crippen LogP contribution in [0.15, 0.2) is 36.4 Å². The zero-order valence-electron chi connectivity index (χ0n) is 14.6. The molecule has 1 fully saturated rings. The van der Waals surface area contributed by atoms with Gasteiger partial charge in [-0.05, 0) is 56.1 Å². The van der Waals surface area contributed by atoms with Crippen LogP contribution in [0.5, 0.6) is 0 Å². The highest BCUT2D eigenvalue weighted by atomic mass is 19.2. The highest BCUT2D eigenvalue weighted by Crippen LogP contribution is 2.27. The van der Waals surface area contributed by atoms with E-state index in [9.17, 15) is 18.0 Å². The summed E-state index contributed by atoms with van der Waals surface area (Å²) in [6.07, 6.45) is 2.18. The fraction of sp³-hybridized carbons (Fsp3) is 0.350. The molecule has 1 aliphatic heterocycles. The predicted octanol–water partition coefficient (Wildman–Crippen LogP) is 3.98. The molecule has 3 nitrogen and oxygen atoms in total. The summed E-state index contributed by atoms with van der Waals surface area (Å²) in [5.74, 6) is -5.16. The van der Waals surface area contributed by atoms with Crippen LogP contribution in [0.1, 0.15) is 40.4 Å². The van der Waals surface area contributed by atoms with Crippen molar-refractivity contribution in [3.8, 4) is 0 Å². The Balaban J connectivity index is 1.79. The molecule has 138 valence electrons. The molecule has 1 amide bonds. The Labute approximate surface area is 150 Å². The first-order valence-electron chi connectivity index (χ1n) is 8.70. The van der Waals surface area contributed by atoms with E-state index < -0.39 is 28.9 Å². The number of carbonyl (C=O) groups is 1. The van der Waals surface area contributed by atoms with Crippen LogP contribution in [0.2, 0.25) is 0 Å². The van der Waals surface area contributed by atoms with Gasteiger partial charge in [-0.2, -0.15) is 0 Å². The third kappa shape index (κ3) is 3.75. The maximum atomic E-state index is 13.8. The molecule has 1 heterocycles. The van der Waals surface area contributed by atoms with Crippen LogP contribution in [0, 0.1) is 24.4 Å². The number of hydrogen-bond donors (Lipinski definition) is 1. The number of amides is 1. The second-order valence-electron chi connectivity index (χ2n) is 6.55. The molecular weight excluding hydrogens is 341 g/mol. The van der Waals surface area contributed by atoms with Crippen molar-refractivity contribution < 1.29 is 18.0 Å². The zero-order valence-corrected chi connectivity index (χ0v) is 14.6. The van der Waals surface area contributed by atoms with E-state index in [0.29, 0.717) is 0 Å². The number of rotatable bonds is 5. The van der Waals surface area contributed by atoms with Gasteiger partial charge in [0.15, 0.2) is 17.5 Å². The zero-order chi connectivity index (χ0) is 18.7. The first-order chi connectivity index (χ1) is 12.5. The van der Waals surface area contributed by atoms with E-state index in [4.69, 9.17) is 0 Å². The molecule has 0 spiro atoms. The number of hydrogen-bond acceptors (Lipinski definition) is 2. The molecule has 2 aromatic carbocycles. The maximum Gasteiger partial charge on any atom is 0.254 e. The minimum absolute atomic E-state index is 0.0454. The van der Waals surface area contributed by atoms with Crippen molar-refractivity contribution in [2.24, 2.45) is 0 Å². The fourth-order valence-corrected chi connectivity index (χ4v) is 3.44. The van der Waals surface area contributed by atoms with Crippen molar-refractivity contribution in [1.82, 2.24) is 10.2 Å². The number of likely N-dealkylation sites (tertiary alicyclic amines) is 1. The third-order valence-corrected chi connectivity index (χ3v) is 4.86. The number of halogens is 3. The predicted molar refractivity (Wildman–Crippen MR) is 93.4 cm³/mol. The highest BCUT2D eigenvalue weighted by molar-refractivity contribution is 5.94. The molecule has 0 aliphatic carbocycles. The second kappa shape index (κ2) is 7.91. The van der Waals surface area contributed by atoms with Gasteiger partial charge in [-0.15, -0.1) is 0 Å². The van der Waals surface area contributed by atoms with Gasteiger partial charge in [0.1, 0.15) is 0 Å². The lowest BCUT2D eigenvalue weighted by atomic mass is 10.00. The topological polar surface area (TPSA) is 32.3 Å². The molecule has 1 unspecified atom stereocenters. The van der Waals surface area contributed by atoms with E-state index in [1.165, 1.54) is 0 Å². The number of aryl methyl sites for hydroxylation is 1. The number of benzene rings is 2. The lowest BCUT2D eigenvalue weighted by molar-refractivity contribution is 0.0932. The van der Waals surface area contributed by atoms with E-state index in [-0.39, 0.29) is 12.6 Å². The average molecular weight is 362 g/mol. The summed E-state index contributed by atoms with van der Waals surface area (Å²) in [4.78, 5) is 14.6. The normalized spacial score (nSPS) is 15.8. The van der Waals surface area contributed by atoms with E-state index in [0.717, 1.165) is 49.2 Å². The van der Waals surface area contributed by atoms with Gasteiger partial charge < -0.3 is 5.32 Å². The SMILES string of the molecule is Cc1ccccc1C(CNC(=O)c1ccc(F)c(F)c1F)N1CCCC1. The van der Waals surface area contributed by atoms with Crippen LogP contribution in [0.3, 0.4) is 0 Å². The molecule has 1 saturated heterocycles. The van der Waals surface area contributed by atoms with Gasteiger partial charge in [-0.1, -0.05) is 24.3 Å². The Morgan fingerprint density at radius 1 is 1.08 bits per heavy atom. The van der Waals surface area contributed by atoms with Crippen molar-refractivity contribution in [2.75, 3.05) is 19.6 Å². The Morgan fingerprint density at radius 2 is 1.77 bits per heavy atom. The van der Waals surface area contributed by atoms with E-state index in [2.05, 4.69) is 10.2 Å². The van der Waals surface area contributed by atoms with Gasteiger partial charge in [0.25, 0.3) is 5.91 Å². The molecule has 0 radical (unpaired) electrons. The van der Waals surface area contributed by atoms with Gasteiger partial charge in [0.2, 0.25) is 0 Å². The summed E-state index contributed by atoms with van der Waals surface area (Å²) in [5, 5.41) is 2.68. The number of nitrogens with one attached hydrogen (secondary N) is 1. The third-order valence-electron chi connectivity index (χ3n) is 4.86. The Kier molecular flexibility index (Phi) is 5.61. The molecule has 2 aromatic rings. The first kappa shape index (κ1) is 18.5. The van der Waals surface area contributed by atoms with Crippen molar-refractivity contribution >= 4 is 5.91 Å². The summed E-state index contributed by atoms with van der Waals surface area (Å²) in [6.45, 7) is 4.13. The maximum absolute atomic E-state index is 13.8. The van der Waals surface area contributed by atoms with Gasteiger partial charge in [0, 0.05) is 6.54 Å². The fourth-order valence-electron chi connectivity index (χ4n) is 3.44. The van der Waals surface area contributed by atoms with Crippen molar-refractivity contribution in [1.29, 1.82) is 0 Å². The molecule has 1 atom stereocenters. The van der Waals surface area contributed by atoms with E-state index in [1.54, 1.807) is 0 Å². The molecule has 1 N–H and O–H groups in total. The summed E-state index contributed by atoms with van der Waals surface area (Å²) in [5.41, 5.74) is 1.71. The standard InChI is InChI=1S/C20H21F3N2O/c1-13-6-2-3-7-14(13)17(25-10-4-5-11-25)12-24-20(26)15-8-9-16(21)19(23)18(15)22/h2-3,6-9,17H,4-5,10-12H2,1H3,(H,24,26). The van der Waals surface area contributed by atoms with Gasteiger partial charge in [0.05, 0.1) is 11.6 Å². The molecule has 0 bridgehead atoms. The molecule has 0 saturated carbocycles. The number of nitrogens with zero attached hydrogens (tertiary/aromatic N) is 1. The average Bonchev–Trinajstić information content (AvgIpc) is 3.15. The molecular formula is C20H21F3N2O. The first-order valence-corrected chi connectivity index (χ1v) is 8.70.